The summed E-state index contributed by atoms with van der Waals surface area (Å²) < 4.78 is 5.29. The predicted molar refractivity (Wildman–Crippen MR) is 101 cm³/mol. The summed E-state index contributed by atoms with van der Waals surface area (Å²) in [4.78, 5) is 13.2. The lowest BCUT2D eigenvalue weighted by atomic mass is 10.1. The Bertz CT molecular complexity index is 915. The lowest BCUT2D eigenvalue weighted by molar-refractivity contribution is -0.106. The van der Waals surface area contributed by atoms with E-state index in [0.717, 1.165) is 0 Å². The number of anilines is 2. The topological polar surface area (TPSA) is 46.3 Å². The maximum Gasteiger partial charge on any atom is 0.218 e. The third kappa shape index (κ3) is 3.48. The fourth-order valence-corrected chi connectivity index (χ4v) is 3.55. The minimum absolute atomic E-state index is 0.344. The number of aromatic nitrogens is 1. The summed E-state index contributed by atoms with van der Waals surface area (Å²) in [6.07, 6.45) is 0.621. The van der Waals surface area contributed by atoms with Crippen LogP contribution in [-0.2, 0) is 4.79 Å². The fraction of sp³-hybridized carbons (Fsp3) is 0.0588. The van der Waals surface area contributed by atoms with Crippen molar-refractivity contribution in [2.24, 2.45) is 0 Å². The first-order chi connectivity index (χ1) is 11.9. The zero-order valence-corrected chi connectivity index (χ0v) is 15.8. The molecule has 0 fully saturated rings. The molecule has 0 saturated heterocycles. The summed E-state index contributed by atoms with van der Waals surface area (Å²) in [6.45, 7) is 1.68. The molecule has 0 saturated carbocycles. The second kappa shape index (κ2) is 7.26. The van der Waals surface area contributed by atoms with E-state index in [1.807, 2.05) is 0 Å². The number of amides is 1. The minimum atomic E-state index is 0.344. The molecule has 0 N–H and O–H groups in total. The number of carbonyl (C=O) groups excluding carboxylic acids is 1. The molecular weight excluding hydrogens is 406 g/mol. The molecule has 3 rings (SSSR count). The quantitative estimate of drug-likeness (QED) is 0.453. The molecule has 4 nitrogen and oxygen atoms in total. The second-order valence-electron chi connectivity index (χ2n) is 5.14. The number of rotatable bonds is 4. The van der Waals surface area contributed by atoms with E-state index >= 15 is 0 Å². The Hall–Kier alpha value is -1.72. The Morgan fingerprint density at radius 3 is 2.20 bits per heavy atom. The van der Waals surface area contributed by atoms with E-state index in [1.54, 1.807) is 43.3 Å². The fourth-order valence-electron chi connectivity index (χ4n) is 2.46. The second-order valence-corrected chi connectivity index (χ2v) is 6.82. The van der Waals surface area contributed by atoms with Crippen LogP contribution in [0.15, 0.2) is 40.9 Å². The standard InChI is InChI=1S/C17H10Cl4N2O2/c1-9-17(23(8-24)12-6-10(18)5-11(19)7-12)16(22-25-9)15-13(20)3-2-4-14(15)21/h2-8H,1H3. The molecule has 0 atom stereocenters. The van der Waals surface area contributed by atoms with Gasteiger partial charge in [0.05, 0.1) is 15.7 Å². The van der Waals surface area contributed by atoms with Gasteiger partial charge in [0, 0.05) is 15.6 Å². The largest absolute Gasteiger partial charge is 0.359 e. The predicted octanol–water partition coefficient (Wildman–Crippen LogP) is 6.56. The maximum atomic E-state index is 11.8. The number of carbonyl (C=O) groups is 1. The molecule has 0 radical (unpaired) electrons. The number of halogens is 4. The first-order valence-electron chi connectivity index (χ1n) is 7.03. The minimum Gasteiger partial charge on any atom is -0.359 e. The Kier molecular flexibility index (Phi) is 5.25. The Morgan fingerprint density at radius 1 is 1.04 bits per heavy atom. The SMILES string of the molecule is Cc1onc(-c2c(Cl)cccc2Cl)c1N(C=O)c1cc(Cl)cc(Cl)c1. The van der Waals surface area contributed by atoms with Crippen LogP contribution in [0, 0.1) is 6.92 Å². The van der Waals surface area contributed by atoms with Crippen LogP contribution in [0.3, 0.4) is 0 Å². The molecular formula is C17H10Cl4N2O2. The van der Waals surface area contributed by atoms with Gasteiger partial charge in [-0.05, 0) is 37.3 Å². The smallest absolute Gasteiger partial charge is 0.218 e. The van der Waals surface area contributed by atoms with E-state index in [2.05, 4.69) is 5.16 Å². The third-order valence-electron chi connectivity index (χ3n) is 3.50. The van der Waals surface area contributed by atoms with Gasteiger partial charge < -0.3 is 4.52 Å². The van der Waals surface area contributed by atoms with Crippen molar-refractivity contribution in [1.29, 1.82) is 0 Å². The van der Waals surface area contributed by atoms with E-state index in [9.17, 15) is 4.79 Å². The van der Waals surface area contributed by atoms with Crippen LogP contribution in [0.5, 0.6) is 0 Å². The number of benzene rings is 2. The van der Waals surface area contributed by atoms with Crippen LogP contribution in [0.25, 0.3) is 11.3 Å². The number of nitrogens with zero attached hydrogens (tertiary/aromatic N) is 2. The Morgan fingerprint density at radius 2 is 1.64 bits per heavy atom. The van der Waals surface area contributed by atoms with Crippen LogP contribution in [0.1, 0.15) is 5.76 Å². The Labute approximate surface area is 163 Å². The van der Waals surface area contributed by atoms with Crippen molar-refractivity contribution in [2.45, 2.75) is 6.92 Å². The molecule has 0 aliphatic heterocycles. The summed E-state index contributed by atoms with van der Waals surface area (Å²) in [5.41, 5.74) is 1.68. The molecule has 128 valence electrons. The van der Waals surface area contributed by atoms with Crippen molar-refractivity contribution in [3.05, 3.63) is 62.2 Å². The van der Waals surface area contributed by atoms with Crippen LogP contribution in [-0.4, -0.2) is 11.6 Å². The molecule has 3 aromatic rings. The zero-order chi connectivity index (χ0) is 18.1. The first kappa shape index (κ1) is 18.1. The molecule has 1 amide bonds. The molecule has 25 heavy (non-hydrogen) atoms. The van der Waals surface area contributed by atoms with E-state index in [1.165, 1.54) is 4.90 Å². The van der Waals surface area contributed by atoms with Crippen molar-refractivity contribution in [3.8, 4) is 11.3 Å². The van der Waals surface area contributed by atoms with E-state index in [0.29, 0.717) is 54.9 Å². The van der Waals surface area contributed by atoms with E-state index in [-0.39, 0.29) is 0 Å². The lowest BCUT2D eigenvalue weighted by Crippen LogP contribution is -2.15. The van der Waals surface area contributed by atoms with Crippen LogP contribution in [0.4, 0.5) is 11.4 Å². The molecule has 0 aliphatic carbocycles. The average Bonchev–Trinajstić information content (AvgIpc) is 2.89. The molecule has 0 aliphatic rings. The molecule has 0 spiro atoms. The highest BCUT2D eigenvalue weighted by atomic mass is 35.5. The van der Waals surface area contributed by atoms with Gasteiger partial charge in [-0.1, -0.05) is 57.6 Å². The van der Waals surface area contributed by atoms with Crippen molar-refractivity contribution in [3.63, 3.8) is 0 Å². The molecule has 8 heteroatoms. The molecule has 0 bridgehead atoms. The van der Waals surface area contributed by atoms with Gasteiger partial charge in [0.1, 0.15) is 11.4 Å². The Balaban J connectivity index is 2.23. The molecule has 0 unspecified atom stereocenters. The van der Waals surface area contributed by atoms with Gasteiger partial charge in [-0.25, -0.2) is 0 Å². The van der Waals surface area contributed by atoms with Crippen molar-refractivity contribution in [2.75, 3.05) is 4.90 Å². The van der Waals surface area contributed by atoms with Gasteiger partial charge >= 0.3 is 0 Å². The summed E-state index contributed by atoms with van der Waals surface area (Å²) in [7, 11) is 0. The highest BCUT2D eigenvalue weighted by Crippen LogP contribution is 2.43. The van der Waals surface area contributed by atoms with Crippen LogP contribution < -0.4 is 4.90 Å². The number of hydrogen-bond acceptors (Lipinski definition) is 3. The van der Waals surface area contributed by atoms with Crippen molar-refractivity contribution >= 4 is 64.2 Å². The number of aryl methyl sites for hydroxylation is 1. The normalized spacial score (nSPS) is 10.8. The van der Waals surface area contributed by atoms with Gasteiger partial charge in [-0.2, -0.15) is 0 Å². The van der Waals surface area contributed by atoms with Gasteiger partial charge in [0.25, 0.3) is 0 Å². The van der Waals surface area contributed by atoms with E-state index < -0.39 is 0 Å². The average molecular weight is 416 g/mol. The summed E-state index contributed by atoms with van der Waals surface area (Å²) in [5.74, 6) is 0.411. The van der Waals surface area contributed by atoms with Gasteiger partial charge in [0.15, 0.2) is 5.76 Å². The molecule has 1 aromatic heterocycles. The third-order valence-corrected chi connectivity index (χ3v) is 4.57. The summed E-state index contributed by atoms with van der Waals surface area (Å²) in [5, 5.41) is 5.59. The van der Waals surface area contributed by atoms with Gasteiger partial charge in [-0.3, -0.25) is 9.69 Å². The highest BCUT2D eigenvalue weighted by Gasteiger charge is 2.25. The highest BCUT2D eigenvalue weighted by molar-refractivity contribution is 6.39. The monoisotopic (exact) mass is 414 g/mol. The molecule has 1 heterocycles. The van der Waals surface area contributed by atoms with Gasteiger partial charge in [-0.15, -0.1) is 0 Å². The number of hydrogen-bond donors (Lipinski definition) is 0. The first-order valence-corrected chi connectivity index (χ1v) is 8.55. The molecule has 2 aromatic carbocycles. The van der Waals surface area contributed by atoms with Crippen LogP contribution in [0.2, 0.25) is 20.1 Å². The summed E-state index contributed by atoms with van der Waals surface area (Å²) in [6, 6.07) is 9.85. The zero-order valence-electron chi connectivity index (χ0n) is 12.8. The summed E-state index contributed by atoms with van der Waals surface area (Å²) >= 11 is 24.7. The van der Waals surface area contributed by atoms with Crippen LogP contribution >= 0.6 is 46.4 Å². The van der Waals surface area contributed by atoms with Crippen molar-refractivity contribution < 1.29 is 9.32 Å². The lowest BCUT2D eigenvalue weighted by Gasteiger charge is -2.19. The maximum absolute atomic E-state index is 11.8. The van der Waals surface area contributed by atoms with Crippen molar-refractivity contribution in [1.82, 2.24) is 5.16 Å². The van der Waals surface area contributed by atoms with E-state index in [4.69, 9.17) is 50.9 Å². The van der Waals surface area contributed by atoms with Gasteiger partial charge in [0.2, 0.25) is 6.41 Å².